The second-order valence-electron chi connectivity index (χ2n) is 9.20. The van der Waals surface area contributed by atoms with Gasteiger partial charge in [-0.2, -0.15) is 5.26 Å². The van der Waals surface area contributed by atoms with Gasteiger partial charge in [0.1, 0.15) is 5.83 Å². The third-order valence-corrected chi connectivity index (χ3v) is 6.55. The molecule has 2 aliphatic rings. The van der Waals surface area contributed by atoms with E-state index in [9.17, 15) is 23.2 Å². The van der Waals surface area contributed by atoms with Gasteiger partial charge >= 0.3 is 0 Å². The molecule has 0 saturated carbocycles. The number of hydrogen-bond donors (Lipinski definition) is 2. The summed E-state index contributed by atoms with van der Waals surface area (Å²) in [6.07, 6.45) is 5.26. The normalized spacial score (nSPS) is 20.7. The molecule has 1 aromatic carbocycles. The summed E-state index contributed by atoms with van der Waals surface area (Å²) in [5.41, 5.74) is 7.33. The van der Waals surface area contributed by atoms with Gasteiger partial charge in [-0.05, 0) is 36.3 Å². The van der Waals surface area contributed by atoms with Crippen LogP contribution in [0, 0.1) is 23.2 Å². The molecule has 0 spiro atoms. The molecule has 3 amide bonds. The lowest BCUT2D eigenvalue weighted by atomic mass is 9.87. The number of likely N-dealkylation sites (N-methyl/N-ethyl adjacent to an activating group) is 1. The summed E-state index contributed by atoms with van der Waals surface area (Å²) in [7, 11) is 1.50. The summed E-state index contributed by atoms with van der Waals surface area (Å²) in [6.45, 7) is 1.99. The average Bonchev–Trinajstić information content (AvgIpc) is 3.23. The standard InChI is InChI=1S/C27H26F2N6O3/c1-15-11-16(14-30)3-6-19(15)25(37)33-27-32-22-13-18(5-8-23(22)35(27)10-9-24(31)36)34(2)26(38)17-4-7-20(28)21(29)12-17/h3-6,8,11-13,15,19-20H,7,9-10H2,1-2H3,(H2,31,36)(H,32,33,37). The van der Waals surface area contributed by atoms with Crippen LogP contribution in [0.4, 0.5) is 20.4 Å². The fraction of sp³-hybridized carbons (Fsp3) is 0.296. The summed E-state index contributed by atoms with van der Waals surface area (Å²) in [5.74, 6) is -2.93. The van der Waals surface area contributed by atoms with Crippen LogP contribution in [0.2, 0.25) is 0 Å². The second-order valence-corrected chi connectivity index (χ2v) is 9.20. The van der Waals surface area contributed by atoms with Gasteiger partial charge in [0.2, 0.25) is 17.8 Å². The van der Waals surface area contributed by atoms with Crippen LogP contribution in [0.25, 0.3) is 11.0 Å². The van der Waals surface area contributed by atoms with E-state index in [0.717, 1.165) is 6.08 Å². The molecule has 1 aromatic heterocycles. The fourth-order valence-corrected chi connectivity index (χ4v) is 4.39. The summed E-state index contributed by atoms with van der Waals surface area (Å²) in [5, 5.41) is 11.9. The highest BCUT2D eigenvalue weighted by Crippen LogP contribution is 2.29. The van der Waals surface area contributed by atoms with Crippen LogP contribution in [0.1, 0.15) is 19.8 Å². The van der Waals surface area contributed by atoms with E-state index in [1.54, 1.807) is 41.0 Å². The number of halogens is 2. The Morgan fingerprint density at radius 1 is 1.34 bits per heavy atom. The molecule has 196 valence electrons. The van der Waals surface area contributed by atoms with Crippen molar-refractivity contribution in [2.24, 2.45) is 17.6 Å². The number of carbonyl (C=O) groups excluding carboxylic acids is 3. The van der Waals surface area contributed by atoms with E-state index in [-0.39, 0.29) is 42.7 Å². The van der Waals surface area contributed by atoms with Crippen molar-refractivity contribution in [3.05, 3.63) is 65.6 Å². The Bertz CT molecular complexity index is 1480. The molecule has 3 unspecified atom stereocenters. The number of benzene rings is 1. The highest BCUT2D eigenvalue weighted by atomic mass is 19.2. The molecule has 0 aliphatic heterocycles. The van der Waals surface area contributed by atoms with Gasteiger partial charge in [-0.15, -0.1) is 0 Å². The number of allylic oxidation sites excluding steroid dienone is 5. The number of rotatable bonds is 7. The molecule has 3 N–H and O–H groups in total. The molecule has 4 rings (SSSR count). The number of amides is 3. The van der Waals surface area contributed by atoms with Crippen molar-refractivity contribution in [3.8, 4) is 6.07 Å². The highest BCUT2D eigenvalue weighted by Gasteiger charge is 2.27. The van der Waals surface area contributed by atoms with E-state index in [0.29, 0.717) is 22.3 Å². The van der Waals surface area contributed by atoms with E-state index < -0.39 is 29.7 Å². The van der Waals surface area contributed by atoms with Crippen molar-refractivity contribution < 1.29 is 23.2 Å². The smallest absolute Gasteiger partial charge is 0.257 e. The molecule has 0 saturated heterocycles. The minimum absolute atomic E-state index is 0.00406. The van der Waals surface area contributed by atoms with Crippen LogP contribution in [0.3, 0.4) is 0 Å². The predicted molar refractivity (Wildman–Crippen MR) is 138 cm³/mol. The third kappa shape index (κ3) is 5.39. The minimum Gasteiger partial charge on any atom is -0.370 e. The van der Waals surface area contributed by atoms with Gasteiger partial charge < -0.3 is 15.2 Å². The summed E-state index contributed by atoms with van der Waals surface area (Å²) in [6, 6.07) is 7.01. The Balaban J connectivity index is 1.63. The number of alkyl halides is 1. The maximum atomic E-state index is 13.7. The van der Waals surface area contributed by atoms with Gasteiger partial charge in [0.25, 0.3) is 5.91 Å². The number of anilines is 2. The predicted octanol–water partition coefficient (Wildman–Crippen LogP) is 3.61. The Hall–Kier alpha value is -4.59. The molecular weight excluding hydrogens is 494 g/mol. The zero-order valence-corrected chi connectivity index (χ0v) is 20.8. The molecule has 1 heterocycles. The zero-order chi connectivity index (χ0) is 27.6. The summed E-state index contributed by atoms with van der Waals surface area (Å²) < 4.78 is 28.8. The van der Waals surface area contributed by atoms with E-state index >= 15 is 0 Å². The first-order valence-corrected chi connectivity index (χ1v) is 12.0. The molecule has 0 fully saturated rings. The number of primary amides is 1. The number of nitriles is 1. The van der Waals surface area contributed by atoms with Crippen molar-refractivity contribution in [3.63, 3.8) is 0 Å². The second kappa shape index (κ2) is 10.8. The molecular formula is C27H26F2N6O3. The number of imidazole rings is 1. The molecule has 0 bridgehead atoms. The minimum atomic E-state index is -1.75. The number of aryl methyl sites for hydroxylation is 1. The molecule has 9 nitrogen and oxygen atoms in total. The van der Waals surface area contributed by atoms with Crippen LogP contribution in [0.15, 0.2) is 65.6 Å². The lowest BCUT2D eigenvalue weighted by Gasteiger charge is -2.20. The van der Waals surface area contributed by atoms with Crippen molar-refractivity contribution in [1.29, 1.82) is 5.26 Å². The quantitative estimate of drug-likeness (QED) is 0.575. The number of fused-ring (bicyclic) bond motifs is 1. The summed E-state index contributed by atoms with van der Waals surface area (Å²) >= 11 is 0. The Labute approximate surface area is 217 Å². The Morgan fingerprint density at radius 3 is 2.76 bits per heavy atom. The van der Waals surface area contributed by atoms with Crippen LogP contribution in [-0.4, -0.2) is 40.5 Å². The van der Waals surface area contributed by atoms with Crippen molar-refractivity contribution in [2.45, 2.75) is 32.5 Å². The van der Waals surface area contributed by atoms with Crippen molar-refractivity contribution in [2.75, 3.05) is 17.3 Å². The molecule has 11 heteroatoms. The topological polar surface area (TPSA) is 134 Å². The number of nitrogens with one attached hydrogen (secondary N) is 1. The third-order valence-electron chi connectivity index (χ3n) is 6.55. The van der Waals surface area contributed by atoms with Gasteiger partial charge in [-0.3, -0.25) is 19.7 Å². The van der Waals surface area contributed by atoms with Gasteiger partial charge in [0.15, 0.2) is 6.17 Å². The van der Waals surface area contributed by atoms with Crippen LogP contribution in [0.5, 0.6) is 0 Å². The van der Waals surface area contributed by atoms with E-state index in [2.05, 4.69) is 16.4 Å². The van der Waals surface area contributed by atoms with Gasteiger partial charge in [0, 0.05) is 43.3 Å². The number of aromatic nitrogens is 2. The molecule has 3 atom stereocenters. The maximum absolute atomic E-state index is 13.7. The van der Waals surface area contributed by atoms with Gasteiger partial charge in [-0.25, -0.2) is 13.8 Å². The lowest BCUT2D eigenvalue weighted by molar-refractivity contribution is -0.119. The number of carbonyl (C=O) groups is 3. The number of nitrogens with two attached hydrogens (primary N) is 1. The lowest BCUT2D eigenvalue weighted by Crippen LogP contribution is -2.28. The molecule has 2 aliphatic carbocycles. The van der Waals surface area contributed by atoms with Crippen molar-refractivity contribution >= 4 is 40.4 Å². The molecule has 0 radical (unpaired) electrons. The van der Waals surface area contributed by atoms with Crippen molar-refractivity contribution in [1.82, 2.24) is 9.55 Å². The van der Waals surface area contributed by atoms with E-state index in [4.69, 9.17) is 11.0 Å². The largest absolute Gasteiger partial charge is 0.370 e. The number of hydrogen-bond acceptors (Lipinski definition) is 5. The van der Waals surface area contributed by atoms with Gasteiger partial charge in [-0.1, -0.05) is 25.2 Å². The maximum Gasteiger partial charge on any atom is 0.257 e. The summed E-state index contributed by atoms with van der Waals surface area (Å²) in [4.78, 5) is 43.3. The highest BCUT2D eigenvalue weighted by molar-refractivity contribution is 6.08. The average molecular weight is 521 g/mol. The first-order valence-electron chi connectivity index (χ1n) is 12.0. The molecule has 38 heavy (non-hydrogen) atoms. The SMILES string of the molecule is CC1C=C(C#N)C=CC1C(=O)Nc1nc2cc(N(C)C(=O)C3=CCC(F)C(F)=C3)ccc2n1CCC(N)=O. The monoisotopic (exact) mass is 520 g/mol. The van der Waals surface area contributed by atoms with Crippen LogP contribution < -0.4 is 16.0 Å². The Kier molecular flexibility index (Phi) is 7.52. The zero-order valence-electron chi connectivity index (χ0n) is 20.8. The molecule has 2 aromatic rings. The van der Waals surface area contributed by atoms with Gasteiger partial charge in [0.05, 0.1) is 23.0 Å². The first-order chi connectivity index (χ1) is 18.1. The first kappa shape index (κ1) is 26.5. The van der Waals surface area contributed by atoms with Crippen LogP contribution >= 0.6 is 0 Å². The van der Waals surface area contributed by atoms with E-state index in [1.807, 2.05) is 6.92 Å². The fourth-order valence-electron chi connectivity index (χ4n) is 4.39. The van der Waals surface area contributed by atoms with E-state index in [1.165, 1.54) is 18.0 Å². The number of nitrogens with zero attached hydrogens (tertiary/aromatic N) is 4. The van der Waals surface area contributed by atoms with Crippen LogP contribution in [-0.2, 0) is 20.9 Å². The Morgan fingerprint density at radius 2 is 2.11 bits per heavy atom.